The van der Waals surface area contributed by atoms with Crippen LogP contribution in [0.5, 0.6) is 5.88 Å². The van der Waals surface area contributed by atoms with Gasteiger partial charge in [0, 0.05) is 29.9 Å². The molecular weight excluding hydrogens is 370 g/mol. The fourth-order valence-corrected chi connectivity index (χ4v) is 3.99. The van der Waals surface area contributed by atoms with E-state index >= 15 is 0 Å². The summed E-state index contributed by atoms with van der Waals surface area (Å²) in [6.07, 6.45) is 5.81. The van der Waals surface area contributed by atoms with Gasteiger partial charge in [-0.25, -0.2) is 9.67 Å². The minimum atomic E-state index is -2.95. The molecule has 7 nitrogen and oxygen atoms in total. The van der Waals surface area contributed by atoms with Crippen LogP contribution < -0.4 is 15.6 Å². The number of carbonyl (C=O) groups is 1. The Morgan fingerprint density at radius 2 is 2.07 bits per heavy atom. The van der Waals surface area contributed by atoms with E-state index in [1.807, 2.05) is 0 Å². The Labute approximate surface area is 159 Å². The molecule has 3 fully saturated rings. The van der Waals surface area contributed by atoms with Crippen LogP contribution in [0.2, 0.25) is 0 Å². The van der Waals surface area contributed by atoms with Crippen LogP contribution in [0.25, 0.3) is 11.3 Å². The highest BCUT2D eigenvalue weighted by Crippen LogP contribution is 2.45. The van der Waals surface area contributed by atoms with Crippen molar-refractivity contribution in [1.29, 1.82) is 0 Å². The number of pyridine rings is 1. The molecule has 3 aliphatic carbocycles. The highest BCUT2D eigenvalue weighted by molar-refractivity contribution is 5.76. The summed E-state index contributed by atoms with van der Waals surface area (Å²) in [6, 6.07) is 5.80. The molecule has 2 heterocycles. The molecule has 28 heavy (non-hydrogen) atoms. The van der Waals surface area contributed by atoms with E-state index in [2.05, 4.69) is 20.1 Å². The quantitative estimate of drug-likeness (QED) is 0.817. The fraction of sp³-hybridized carbons (Fsp3) is 0.474. The third-order valence-electron chi connectivity index (χ3n) is 5.48. The van der Waals surface area contributed by atoms with E-state index in [9.17, 15) is 18.4 Å². The van der Waals surface area contributed by atoms with E-state index in [-0.39, 0.29) is 24.4 Å². The molecule has 3 saturated carbocycles. The van der Waals surface area contributed by atoms with Crippen LogP contribution in [-0.2, 0) is 11.3 Å². The molecule has 2 aromatic rings. The summed E-state index contributed by atoms with van der Waals surface area (Å²) in [5.41, 5.74) is 0.531. The van der Waals surface area contributed by atoms with Crippen molar-refractivity contribution >= 4 is 5.91 Å². The standard InChI is InChI=1S/C19H20F2N4O3/c20-19(21)28-17-5-2-12(9-22-17)15-4-6-18(27)25(24-15)10-16(26)23-14-3-1-11-7-13(14)8-11/h2,4-6,9,11,13-14,19H,1,3,7-8,10H2,(H,23,26)/t11?,13?,14-/m1/s1. The minimum Gasteiger partial charge on any atom is -0.417 e. The number of ether oxygens (including phenoxy) is 1. The first kappa shape index (κ1) is 18.5. The number of halogens is 2. The van der Waals surface area contributed by atoms with Gasteiger partial charge in [0.2, 0.25) is 11.8 Å². The summed E-state index contributed by atoms with van der Waals surface area (Å²) in [5.74, 6) is 0.932. The number of hydrogen-bond acceptors (Lipinski definition) is 5. The first-order valence-corrected chi connectivity index (χ1v) is 9.26. The maximum atomic E-state index is 12.4. The Bertz CT molecular complexity index is 907. The van der Waals surface area contributed by atoms with E-state index in [1.54, 1.807) is 0 Å². The number of aromatic nitrogens is 3. The maximum Gasteiger partial charge on any atom is 0.388 e. The van der Waals surface area contributed by atoms with Gasteiger partial charge in [0.05, 0.1) is 5.69 Å². The van der Waals surface area contributed by atoms with Gasteiger partial charge in [-0.05, 0) is 49.7 Å². The lowest BCUT2D eigenvalue weighted by atomic mass is 9.63. The highest BCUT2D eigenvalue weighted by Gasteiger charge is 2.40. The van der Waals surface area contributed by atoms with Crippen LogP contribution in [0.3, 0.4) is 0 Å². The van der Waals surface area contributed by atoms with Crippen LogP contribution in [0.1, 0.15) is 25.7 Å². The molecule has 1 atom stereocenters. The molecule has 148 valence electrons. The Balaban J connectivity index is 1.44. The lowest BCUT2D eigenvalue weighted by molar-refractivity contribution is -0.124. The average Bonchev–Trinajstić information content (AvgIpc) is 2.63. The maximum absolute atomic E-state index is 12.4. The molecular formula is C19H20F2N4O3. The van der Waals surface area contributed by atoms with Crippen molar-refractivity contribution in [2.24, 2.45) is 11.8 Å². The van der Waals surface area contributed by atoms with Gasteiger partial charge in [0.15, 0.2) is 0 Å². The topological polar surface area (TPSA) is 86.1 Å². The molecule has 0 saturated heterocycles. The molecule has 3 aliphatic rings. The summed E-state index contributed by atoms with van der Waals surface area (Å²) < 4.78 is 29.7. The van der Waals surface area contributed by atoms with Gasteiger partial charge in [0.25, 0.3) is 5.56 Å². The second kappa shape index (κ2) is 7.65. The number of fused-ring (bicyclic) bond motifs is 2. The summed E-state index contributed by atoms with van der Waals surface area (Å²) in [4.78, 5) is 28.2. The zero-order valence-electron chi connectivity index (χ0n) is 15.1. The van der Waals surface area contributed by atoms with Crippen molar-refractivity contribution in [3.05, 3.63) is 40.8 Å². The van der Waals surface area contributed by atoms with Crippen molar-refractivity contribution in [1.82, 2.24) is 20.1 Å². The van der Waals surface area contributed by atoms with E-state index in [1.165, 1.54) is 43.3 Å². The molecule has 2 aromatic heterocycles. The Kier molecular flexibility index (Phi) is 5.06. The van der Waals surface area contributed by atoms with Crippen molar-refractivity contribution in [2.75, 3.05) is 0 Å². The number of amides is 1. The lowest BCUT2D eigenvalue weighted by Crippen LogP contribution is -2.50. The first-order chi connectivity index (χ1) is 13.5. The highest BCUT2D eigenvalue weighted by atomic mass is 19.3. The monoisotopic (exact) mass is 390 g/mol. The molecule has 9 heteroatoms. The van der Waals surface area contributed by atoms with Gasteiger partial charge in [-0.15, -0.1) is 0 Å². The molecule has 2 bridgehead atoms. The number of rotatable bonds is 6. The summed E-state index contributed by atoms with van der Waals surface area (Å²) in [5, 5.41) is 7.24. The largest absolute Gasteiger partial charge is 0.417 e. The zero-order chi connectivity index (χ0) is 19.7. The van der Waals surface area contributed by atoms with E-state index in [0.29, 0.717) is 17.2 Å². The molecule has 0 radical (unpaired) electrons. The van der Waals surface area contributed by atoms with Gasteiger partial charge in [-0.1, -0.05) is 0 Å². The predicted molar refractivity (Wildman–Crippen MR) is 95.7 cm³/mol. The van der Waals surface area contributed by atoms with Crippen LogP contribution in [0, 0.1) is 11.8 Å². The number of hydrogen-bond donors (Lipinski definition) is 1. The van der Waals surface area contributed by atoms with E-state index in [4.69, 9.17) is 0 Å². The summed E-state index contributed by atoms with van der Waals surface area (Å²) in [6.45, 7) is -3.12. The van der Waals surface area contributed by atoms with E-state index < -0.39 is 12.2 Å². The molecule has 5 rings (SSSR count). The third-order valence-corrected chi connectivity index (χ3v) is 5.48. The average molecular weight is 390 g/mol. The van der Waals surface area contributed by atoms with Gasteiger partial charge in [-0.2, -0.15) is 13.9 Å². The van der Waals surface area contributed by atoms with Crippen LogP contribution >= 0.6 is 0 Å². The number of carbonyl (C=O) groups excluding carboxylic acids is 1. The SMILES string of the molecule is O=C(Cn1nc(-c2ccc(OC(F)F)nc2)ccc1=O)N[C@@H]1CCC2CC1C2. The van der Waals surface area contributed by atoms with Gasteiger partial charge >= 0.3 is 6.61 Å². The normalized spacial score (nSPS) is 23.2. The molecule has 0 aliphatic heterocycles. The second-order valence-electron chi connectivity index (χ2n) is 7.33. The summed E-state index contributed by atoms with van der Waals surface area (Å²) in [7, 11) is 0. The second-order valence-corrected chi connectivity index (χ2v) is 7.33. The van der Waals surface area contributed by atoms with Gasteiger partial charge in [0.1, 0.15) is 6.54 Å². The summed E-state index contributed by atoms with van der Waals surface area (Å²) >= 11 is 0. The molecule has 0 spiro atoms. The first-order valence-electron chi connectivity index (χ1n) is 9.26. The molecule has 0 aromatic carbocycles. The number of nitrogens with one attached hydrogen (secondary N) is 1. The van der Waals surface area contributed by atoms with Crippen molar-refractivity contribution in [3.63, 3.8) is 0 Å². The van der Waals surface area contributed by atoms with Crippen molar-refractivity contribution in [2.45, 2.75) is 44.9 Å². The zero-order valence-corrected chi connectivity index (χ0v) is 15.1. The Hall–Kier alpha value is -2.84. The third kappa shape index (κ3) is 4.02. The van der Waals surface area contributed by atoms with Crippen LogP contribution in [0.15, 0.2) is 35.3 Å². The number of alkyl halides is 2. The van der Waals surface area contributed by atoms with Gasteiger partial charge < -0.3 is 10.1 Å². The van der Waals surface area contributed by atoms with Crippen molar-refractivity contribution < 1.29 is 18.3 Å². The van der Waals surface area contributed by atoms with Crippen molar-refractivity contribution in [3.8, 4) is 17.1 Å². The molecule has 1 amide bonds. The van der Waals surface area contributed by atoms with Gasteiger partial charge in [-0.3, -0.25) is 9.59 Å². The number of nitrogens with zero attached hydrogens (tertiary/aromatic N) is 3. The fourth-order valence-electron chi connectivity index (χ4n) is 3.99. The Morgan fingerprint density at radius 3 is 2.71 bits per heavy atom. The smallest absolute Gasteiger partial charge is 0.388 e. The van der Waals surface area contributed by atoms with E-state index in [0.717, 1.165) is 23.4 Å². The lowest BCUT2D eigenvalue weighted by Gasteiger charge is -2.46. The van der Waals surface area contributed by atoms with Crippen LogP contribution in [-0.4, -0.2) is 33.3 Å². The molecule has 1 N–H and O–H groups in total. The predicted octanol–water partition coefficient (Wildman–Crippen LogP) is 2.21. The Morgan fingerprint density at radius 1 is 1.25 bits per heavy atom. The molecule has 0 unspecified atom stereocenters. The minimum absolute atomic E-state index is 0.167. The van der Waals surface area contributed by atoms with Crippen LogP contribution in [0.4, 0.5) is 8.78 Å².